The zero-order valence-electron chi connectivity index (χ0n) is 48.7. The van der Waals surface area contributed by atoms with Gasteiger partial charge in [0.2, 0.25) is 0 Å². The van der Waals surface area contributed by atoms with Gasteiger partial charge in [-0.05, 0) is 109 Å². The molecule has 1 rings (SSSR count). The number of carboxylic acids is 1. The van der Waals surface area contributed by atoms with E-state index in [2.05, 4.69) is 93.7 Å². The predicted octanol–water partition coefficient (Wildman–Crippen LogP) is 16.1. The van der Waals surface area contributed by atoms with Crippen molar-refractivity contribution in [3.05, 3.63) is 72.9 Å². The molecule has 0 spiro atoms. The van der Waals surface area contributed by atoms with Gasteiger partial charge in [-0.15, -0.1) is 0 Å². The van der Waals surface area contributed by atoms with Crippen molar-refractivity contribution in [2.75, 3.05) is 13.2 Å². The van der Waals surface area contributed by atoms with E-state index in [1.54, 1.807) is 0 Å². The molecule has 1 fully saturated rings. The van der Waals surface area contributed by atoms with Crippen LogP contribution in [0.15, 0.2) is 72.9 Å². The summed E-state index contributed by atoms with van der Waals surface area (Å²) < 4.78 is 28.4. The van der Waals surface area contributed by atoms with Crippen LogP contribution in [-0.2, 0) is 42.9 Å². The largest absolute Gasteiger partial charge is 0.479 e. The monoisotopic (exact) mass is 1080 g/mol. The Morgan fingerprint density at radius 1 is 0.442 bits per heavy atom. The minimum atomic E-state index is -1.91. The number of hydrogen-bond donors (Lipinski definition) is 3. The molecule has 0 bridgehead atoms. The molecule has 0 aromatic heterocycles. The van der Waals surface area contributed by atoms with Crippen LogP contribution >= 0.6 is 0 Å². The number of hydrogen-bond acceptors (Lipinski definition) is 11. The first-order valence-corrected chi connectivity index (χ1v) is 30.9. The molecule has 0 aliphatic carbocycles. The molecule has 12 heteroatoms. The van der Waals surface area contributed by atoms with E-state index in [0.29, 0.717) is 19.3 Å². The van der Waals surface area contributed by atoms with Crippen molar-refractivity contribution in [3.8, 4) is 0 Å². The Balaban J connectivity index is 2.70. The number of carbonyl (C=O) groups excluding carboxylic acids is 3. The molecule has 77 heavy (non-hydrogen) atoms. The first-order chi connectivity index (χ1) is 37.6. The lowest BCUT2D eigenvalue weighted by molar-refractivity contribution is -0.301. The second-order valence-corrected chi connectivity index (χ2v) is 20.9. The quantitative estimate of drug-likeness (QED) is 0.0228. The van der Waals surface area contributed by atoms with Crippen molar-refractivity contribution in [2.24, 2.45) is 0 Å². The minimum Gasteiger partial charge on any atom is -0.479 e. The van der Waals surface area contributed by atoms with E-state index in [0.717, 1.165) is 122 Å². The third-order valence-corrected chi connectivity index (χ3v) is 13.7. The van der Waals surface area contributed by atoms with Gasteiger partial charge in [0.05, 0.1) is 6.61 Å². The van der Waals surface area contributed by atoms with Crippen molar-refractivity contribution >= 4 is 23.9 Å². The van der Waals surface area contributed by atoms with Crippen molar-refractivity contribution in [1.29, 1.82) is 0 Å². The van der Waals surface area contributed by atoms with Gasteiger partial charge in [-0.1, -0.05) is 209 Å². The number of aliphatic hydroxyl groups excluding tert-OH is 2. The summed E-state index contributed by atoms with van der Waals surface area (Å²) in [6, 6.07) is 0. The third-order valence-electron chi connectivity index (χ3n) is 13.7. The fourth-order valence-electron chi connectivity index (χ4n) is 9.00. The highest BCUT2D eigenvalue weighted by atomic mass is 16.7. The number of esters is 3. The predicted molar refractivity (Wildman–Crippen MR) is 312 cm³/mol. The van der Waals surface area contributed by atoms with Gasteiger partial charge < -0.3 is 39.0 Å². The van der Waals surface area contributed by atoms with E-state index < -0.39 is 67.3 Å². The molecule has 0 aromatic rings. The molecular weight excluding hydrogens is 973 g/mol. The van der Waals surface area contributed by atoms with Crippen LogP contribution in [0, 0.1) is 0 Å². The Morgan fingerprint density at radius 3 is 1.27 bits per heavy atom. The Labute approximate surface area is 468 Å². The maximum Gasteiger partial charge on any atom is 0.335 e. The van der Waals surface area contributed by atoms with Crippen LogP contribution in [-0.4, -0.2) is 89.2 Å². The molecular formula is C65H110O12. The Hall–Kier alpha value is -3.84. The van der Waals surface area contributed by atoms with Crippen LogP contribution < -0.4 is 0 Å². The van der Waals surface area contributed by atoms with Crippen LogP contribution in [0.25, 0.3) is 0 Å². The van der Waals surface area contributed by atoms with Gasteiger partial charge in [-0.3, -0.25) is 14.4 Å². The maximum absolute atomic E-state index is 13.2. The van der Waals surface area contributed by atoms with Crippen molar-refractivity contribution in [1.82, 2.24) is 0 Å². The summed E-state index contributed by atoms with van der Waals surface area (Å²) in [4.78, 5) is 51.2. The highest BCUT2D eigenvalue weighted by Crippen LogP contribution is 2.26. The molecule has 6 atom stereocenters. The van der Waals surface area contributed by atoms with Crippen molar-refractivity contribution < 1.29 is 58.2 Å². The summed E-state index contributed by atoms with van der Waals surface area (Å²) in [5.41, 5.74) is 0. The summed E-state index contributed by atoms with van der Waals surface area (Å²) in [7, 11) is 0. The molecule has 0 saturated carbocycles. The molecule has 1 saturated heterocycles. The number of unbranched alkanes of at least 4 members (excludes halogenated alkanes) is 26. The lowest BCUT2D eigenvalue weighted by Gasteiger charge is -2.40. The molecule has 0 radical (unpaired) electrons. The molecule has 12 nitrogen and oxygen atoms in total. The molecule has 3 N–H and O–H groups in total. The topological polar surface area (TPSA) is 175 Å². The third kappa shape index (κ3) is 42.7. The van der Waals surface area contributed by atoms with Crippen molar-refractivity contribution in [3.63, 3.8) is 0 Å². The van der Waals surface area contributed by atoms with E-state index >= 15 is 0 Å². The lowest BCUT2D eigenvalue weighted by Crippen LogP contribution is -2.61. The molecule has 0 aromatic carbocycles. The summed E-state index contributed by atoms with van der Waals surface area (Å²) >= 11 is 0. The summed E-state index contributed by atoms with van der Waals surface area (Å²) in [5, 5.41) is 31.5. The number of carboxylic acid groups (broad SMARTS) is 1. The van der Waals surface area contributed by atoms with E-state index in [1.807, 2.05) is 0 Å². The van der Waals surface area contributed by atoms with Crippen LogP contribution in [0.3, 0.4) is 0 Å². The van der Waals surface area contributed by atoms with Crippen LogP contribution in [0.2, 0.25) is 0 Å². The smallest absolute Gasteiger partial charge is 0.335 e. The van der Waals surface area contributed by atoms with E-state index in [-0.39, 0.29) is 25.9 Å². The number of carbonyl (C=O) groups is 4. The van der Waals surface area contributed by atoms with Gasteiger partial charge >= 0.3 is 23.9 Å². The average Bonchev–Trinajstić information content (AvgIpc) is 3.42. The first kappa shape index (κ1) is 71.2. The Bertz CT molecular complexity index is 1620. The SMILES string of the molecule is CC/C=C\C/C=C\C/C=C\C/C=C\CCCCCCC(=O)OCC(COC1OC(C(=O)O)C(O)C(O)C1OC(=O)CCCCCCC/C=C\CCCCCC)OC(=O)CCCCCCCCC/C=C\CCCCCCCC. The summed E-state index contributed by atoms with van der Waals surface area (Å²) in [6.07, 6.45) is 54.3. The second kappa shape index (κ2) is 52.8. The van der Waals surface area contributed by atoms with Gasteiger partial charge in [0, 0.05) is 19.3 Å². The second-order valence-electron chi connectivity index (χ2n) is 20.9. The standard InChI is InChI=1S/C65H110O12/c1-4-7-10-13-16-19-22-25-27-29-31-34-36-39-42-45-48-51-57(66)73-54-56(75-58(67)52-49-46-43-40-38-35-32-30-28-26-23-20-17-14-11-8-5-2)55-74-65-63(61(70)60(69)62(77-65)64(71)72)76-59(68)53-50-47-44-41-37-33-24-21-18-15-12-9-6-3/h7,10,16,19,21,24-28,31,34,56,60-63,65,69-70H,4-6,8-9,11-15,17-18,20,22-23,29-30,32-33,35-55H2,1-3H3,(H,71,72)/b10-7-,19-16-,24-21-,27-25-,28-26-,34-31-. The minimum absolute atomic E-state index is 0.0462. The summed E-state index contributed by atoms with van der Waals surface area (Å²) in [5.74, 6) is -3.16. The maximum atomic E-state index is 13.2. The zero-order valence-corrected chi connectivity index (χ0v) is 48.7. The van der Waals surface area contributed by atoms with Gasteiger partial charge in [-0.2, -0.15) is 0 Å². The molecule has 1 heterocycles. The Kier molecular flexibility index (Phi) is 48.8. The molecule has 442 valence electrons. The van der Waals surface area contributed by atoms with Gasteiger partial charge in [-0.25, -0.2) is 4.79 Å². The highest BCUT2D eigenvalue weighted by molar-refractivity contribution is 5.74. The normalized spacial score (nSPS) is 18.5. The highest BCUT2D eigenvalue weighted by Gasteiger charge is 2.50. The average molecular weight is 1080 g/mol. The Morgan fingerprint density at radius 2 is 0.818 bits per heavy atom. The molecule has 0 amide bonds. The van der Waals surface area contributed by atoms with Crippen molar-refractivity contribution in [2.45, 2.75) is 302 Å². The van der Waals surface area contributed by atoms with Gasteiger partial charge in [0.1, 0.15) is 18.8 Å². The lowest BCUT2D eigenvalue weighted by atomic mass is 9.98. The first-order valence-electron chi connectivity index (χ1n) is 30.9. The number of rotatable bonds is 52. The van der Waals surface area contributed by atoms with Gasteiger partial charge in [0.15, 0.2) is 24.6 Å². The van der Waals surface area contributed by atoms with E-state index in [4.69, 9.17) is 23.7 Å². The molecule has 6 unspecified atom stereocenters. The number of aliphatic hydroxyl groups is 2. The van der Waals surface area contributed by atoms with E-state index in [9.17, 15) is 34.5 Å². The van der Waals surface area contributed by atoms with Crippen LogP contribution in [0.4, 0.5) is 0 Å². The summed E-state index contributed by atoms with van der Waals surface area (Å²) in [6.45, 7) is 5.84. The van der Waals surface area contributed by atoms with E-state index in [1.165, 1.54) is 83.5 Å². The number of ether oxygens (including phenoxy) is 5. The number of allylic oxidation sites excluding steroid dienone is 12. The van der Waals surface area contributed by atoms with Crippen LogP contribution in [0.5, 0.6) is 0 Å². The van der Waals surface area contributed by atoms with Crippen LogP contribution in [0.1, 0.15) is 265 Å². The number of aliphatic carboxylic acids is 1. The fourth-order valence-corrected chi connectivity index (χ4v) is 9.00. The van der Waals surface area contributed by atoms with Gasteiger partial charge in [0.25, 0.3) is 0 Å². The fraction of sp³-hybridized carbons (Fsp3) is 0.754. The molecule has 1 aliphatic heterocycles. The molecule has 1 aliphatic rings. The zero-order chi connectivity index (χ0) is 56.1.